The van der Waals surface area contributed by atoms with Gasteiger partial charge < -0.3 is 5.32 Å². The zero-order valence-corrected chi connectivity index (χ0v) is 7.98. The van der Waals surface area contributed by atoms with E-state index in [1.807, 2.05) is 24.3 Å². The standard InChI is InChI=1S/C13H13N.BH3/c1-3-7-12(8-4-1)11-14-13-9-5-2-6-10-13;/h1-10,14H,11H2;1H3. The third kappa shape index (κ3) is 3.51. The van der Waals surface area contributed by atoms with E-state index in [2.05, 4.69) is 41.7 Å². The van der Waals surface area contributed by atoms with Gasteiger partial charge in [0.15, 0.2) is 0 Å². The predicted molar refractivity (Wildman–Crippen MR) is 70.1 cm³/mol. The fourth-order valence-electron chi connectivity index (χ4n) is 1.36. The monoisotopic (exact) mass is 197 g/mol. The van der Waals surface area contributed by atoms with Crippen molar-refractivity contribution in [2.75, 3.05) is 5.32 Å². The lowest BCUT2D eigenvalue weighted by molar-refractivity contribution is 1.15. The Balaban J connectivity index is 0.00000112. The summed E-state index contributed by atoms with van der Waals surface area (Å²) in [4.78, 5) is 0. The van der Waals surface area contributed by atoms with E-state index in [9.17, 15) is 0 Å². The maximum absolute atomic E-state index is 3.36. The molecular weight excluding hydrogens is 181 g/mol. The molecule has 2 aromatic carbocycles. The van der Waals surface area contributed by atoms with Crippen molar-refractivity contribution in [1.82, 2.24) is 0 Å². The van der Waals surface area contributed by atoms with Gasteiger partial charge >= 0.3 is 0 Å². The van der Waals surface area contributed by atoms with Gasteiger partial charge in [0.2, 0.25) is 0 Å². The Labute approximate surface area is 92.7 Å². The van der Waals surface area contributed by atoms with Crippen molar-refractivity contribution in [1.29, 1.82) is 0 Å². The lowest BCUT2D eigenvalue weighted by atomic mass is 10.2. The van der Waals surface area contributed by atoms with Crippen molar-refractivity contribution >= 4 is 14.1 Å². The molecule has 0 amide bonds. The van der Waals surface area contributed by atoms with Crippen LogP contribution in [0.1, 0.15) is 5.56 Å². The molecule has 2 rings (SSSR count). The molecule has 0 saturated carbocycles. The summed E-state index contributed by atoms with van der Waals surface area (Å²) in [6.45, 7) is 0.880. The van der Waals surface area contributed by atoms with Gasteiger partial charge in [-0.1, -0.05) is 48.5 Å². The Morgan fingerprint density at radius 1 is 0.733 bits per heavy atom. The smallest absolute Gasteiger partial charge is 0.0814 e. The van der Waals surface area contributed by atoms with E-state index in [4.69, 9.17) is 0 Å². The molecule has 2 heteroatoms. The number of anilines is 1. The highest BCUT2D eigenvalue weighted by atomic mass is 14.9. The first-order valence-corrected chi connectivity index (χ1v) is 4.78. The minimum Gasteiger partial charge on any atom is -0.381 e. The number of benzene rings is 2. The SMILES string of the molecule is B.c1ccc(CNc2ccccc2)cc1. The van der Waals surface area contributed by atoms with Crippen LogP contribution in [0, 0.1) is 0 Å². The normalized spacial score (nSPS) is 9.07. The Hall–Kier alpha value is -1.70. The van der Waals surface area contributed by atoms with Crippen molar-refractivity contribution in [2.45, 2.75) is 6.54 Å². The molecule has 0 radical (unpaired) electrons. The first-order chi connectivity index (χ1) is 6.95. The summed E-state index contributed by atoms with van der Waals surface area (Å²) < 4.78 is 0. The van der Waals surface area contributed by atoms with E-state index in [1.54, 1.807) is 0 Å². The fourth-order valence-corrected chi connectivity index (χ4v) is 1.36. The molecule has 0 aliphatic carbocycles. The lowest BCUT2D eigenvalue weighted by Crippen LogP contribution is -1.98. The van der Waals surface area contributed by atoms with E-state index < -0.39 is 0 Å². The van der Waals surface area contributed by atoms with Crippen molar-refractivity contribution < 1.29 is 0 Å². The minimum atomic E-state index is 0. The Kier molecular flexibility index (Phi) is 4.49. The molecule has 1 N–H and O–H groups in total. The summed E-state index contributed by atoms with van der Waals surface area (Å²) in [5.74, 6) is 0. The largest absolute Gasteiger partial charge is 0.381 e. The van der Waals surface area contributed by atoms with Gasteiger partial charge in [-0.05, 0) is 17.7 Å². The molecule has 1 nitrogen and oxygen atoms in total. The maximum atomic E-state index is 3.36. The van der Waals surface area contributed by atoms with Crippen LogP contribution in [0.4, 0.5) is 5.69 Å². The van der Waals surface area contributed by atoms with Gasteiger partial charge in [-0.25, -0.2) is 0 Å². The molecule has 0 atom stereocenters. The van der Waals surface area contributed by atoms with Gasteiger partial charge in [-0.15, -0.1) is 0 Å². The summed E-state index contributed by atoms with van der Waals surface area (Å²) in [6, 6.07) is 20.6. The summed E-state index contributed by atoms with van der Waals surface area (Å²) >= 11 is 0. The molecule has 2 aromatic rings. The summed E-state index contributed by atoms with van der Waals surface area (Å²) in [5.41, 5.74) is 2.47. The zero-order valence-electron chi connectivity index (χ0n) is 7.98. The second kappa shape index (κ2) is 5.92. The quantitative estimate of drug-likeness (QED) is 0.743. The number of nitrogens with one attached hydrogen (secondary N) is 1. The van der Waals surface area contributed by atoms with Crippen molar-refractivity contribution in [3.05, 3.63) is 66.2 Å². The van der Waals surface area contributed by atoms with Gasteiger partial charge in [0.05, 0.1) is 8.41 Å². The predicted octanol–water partition coefficient (Wildman–Crippen LogP) is 2.11. The van der Waals surface area contributed by atoms with Crippen LogP contribution in [-0.4, -0.2) is 8.41 Å². The number of rotatable bonds is 3. The van der Waals surface area contributed by atoms with E-state index in [0.717, 1.165) is 12.2 Å². The molecule has 0 bridgehead atoms. The summed E-state index contributed by atoms with van der Waals surface area (Å²) in [7, 11) is 0. The second-order valence-corrected chi connectivity index (χ2v) is 3.21. The van der Waals surface area contributed by atoms with Crippen molar-refractivity contribution in [3.8, 4) is 0 Å². The summed E-state index contributed by atoms with van der Waals surface area (Å²) in [6.07, 6.45) is 0. The molecule has 0 fully saturated rings. The number of para-hydroxylation sites is 1. The average molecular weight is 197 g/mol. The van der Waals surface area contributed by atoms with E-state index >= 15 is 0 Å². The molecule has 0 heterocycles. The van der Waals surface area contributed by atoms with Crippen LogP contribution in [0.2, 0.25) is 0 Å². The van der Waals surface area contributed by atoms with Gasteiger partial charge in [0.25, 0.3) is 0 Å². The van der Waals surface area contributed by atoms with Gasteiger partial charge in [-0.3, -0.25) is 0 Å². The van der Waals surface area contributed by atoms with Crippen LogP contribution < -0.4 is 5.32 Å². The Morgan fingerprint density at radius 3 is 1.87 bits per heavy atom. The van der Waals surface area contributed by atoms with Crippen LogP contribution >= 0.6 is 0 Å². The number of hydrogen-bond donors (Lipinski definition) is 1. The third-order valence-electron chi connectivity index (χ3n) is 2.11. The molecule has 0 spiro atoms. The van der Waals surface area contributed by atoms with Crippen LogP contribution in [0.5, 0.6) is 0 Å². The Morgan fingerprint density at radius 2 is 1.27 bits per heavy atom. The lowest BCUT2D eigenvalue weighted by Gasteiger charge is -2.05. The molecule has 0 aromatic heterocycles. The fraction of sp³-hybridized carbons (Fsp3) is 0.0769. The highest BCUT2D eigenvalue weighted by Gasteiger charge is 1.90. The molecular formula is C13H16BN. The maximum Gasteiger partial charge on any atom is 0.0814 e. The number of hydrogen-bond acceptors (Lipinski definition) is 1. The molecule has 76 valence electrons. The topological polar surface area (TPSA) is 12.0 Å². The highest BCUT2D eigenvalue weighted by Crippen LogP contribution is 2.07. The van der Waals surface area contributed by atoms with Crippen LogP contribution in [0.25, 0.3) is 0 Å². The molecule has 0 saturated heterocycles. The molecule has 0 unspecified atom stereocenters. The van der Waals surface area contributed by atoms with Crippen LogP contribution in [0.15, 0.2) is 60.7 Å². The van der Waals surface area contributed by atoms with Crippen LogP contribution in [0.3, 0.4) is 0 Å². The summed E-state index contributed by atoms with van der Waals surface area (Å²) in [5, 5.41) is 3.36. The van der Waals surface area contributed by atoms with Crippen molar-refractivity contribution in [3.63, 3.8) is 0 Å². The first-order valence-electron chi connectivity index (χ1n) is 4.78. The third-order valence-corrected chi connectivity index (χ3v) is 2.11. The van der Waals surface area contributed by atoms with E-state index in [0.29, 0.717) is 0 Å². The molecule has 0 aliphatic heterocycles. The van der Waals surface area contributed by atoms with Gasteiger partial charge in [0.1, 0.15) is 0 Å². The minimum absolute atomic E-state index is 0. The zero-order chi connectivity index (χ0) is 9.64. The van der Waals surface area contributed by atoms with Crippen LogP contribution in [-0.2, 0) is 6.54 Å². The Bertz CT molecular complexity index is 333. The average Bonchev–Trinajstić information content (AvgIpc) is 2.29. The molecule has 15 heavy (non-hydrogen) atoms. The molecule has 0 aliphatic rings. The van der Waals surface area contributed by atoms with Gasteiger partial charge in [-0.2, -0.15) is 0 Å². The first kappa shape index (κ1) is 11.4. The van der Waals surface area contributed by atoms with Crippen molar-refractivity contribution in [2.24, 2.45) is 0 Å². The van der Waals surface area contributed by atoms with E-state index in [-0.39, 0.29) is 8.41 Å². The van der Waals surface area contributed by atoms with E-state index in [1.165, 1.54) is 5.56 Å². The highest BCUT2D eigenvalue weighted by molar-refractivity contribution is 5.75. The second-order valence-electron chi connectivity index (χ2n) is 3.21. The van der Waals surface area contributed by atoms with Gasteiger partial charge in [0, 0.05) is 12.2 Å².